The van der Waals surface area contributed by atoms with Gasteiger partial charge >= 0.3 is 6.18 Å². The SMILES string of the molecule is N#CN1CCC(F)(C(=O)Nc2ccc(Cl)c(C(F)(F)F)c2)C1. The average molecular weight is 336 g/mol. The lowest BCUT2D eigenvalue weighted by atomic mass is 10.0. The van der Waals surface area contributed by atoms with Crippen LogP contribution in [0.4, 0.5) is 23.2 Å². The van der Waals surface area contributed by atoms with Gasteiger partial charge in [-0.1, -0.05) is 11.6 Å². The van der Waals surface area contributed by atoms with Gasteiger partial charge < -0.3 is 10.2 Å². The number of nitrogens with one attached hydrogen (secondary N) is 1. The molecule has 9 heteroatoms. The molecule has 0 radical (unpaired) electrons. The van der Waals surface area contributed by atoms with E-state index in [4.69, 9.17) is 16.9 Å². The summed E-state index contributed by atoms with van der Waals surface area (Å²) in [6.45, 7) is -0.343. The second kappa shape index (κ2) is 5.65. The molecular weight excluding hydrogens is 326 g/mol. The van der Waals surface area contributed by atoms with Crippen molar-refractivity contribution in [2.24, 2.45) is 0 Å². The van der Waals surface area contributed by atoms with Crippen LogP contribution in [0.25, 0.3) is 0 Å². The molecule has 1 unspecified atom stereocenters. The van der Waals surface area contributed by atoms with Crippen molar-refractivity contribution in [3.63, 3.8) is 0 Å². The van der Waals surface area contributed by atoms with Gasteiger partial charge in [0.1, 0.15) is 0 Å². The van der Waals surface area contributed by atoms with Crippen molar-refractivity contribution in [1.82, 2.24) is 4.90 Å². The number of benzene rings is 1. The van der Waals surface area contributed by atoms with Crippen LogP contribution in [0.15, 0.2) is 18.2 Å². The molecule has 118 valence electrons. The average Bonchev–Trinajstić information content (AvgIpc) is 2.83. The maximum atomic E-state index is 14.4. The van der Waals surface area contributed by atoms with E-state index >= 15 is 0 Å². The minimum Gasteiger partial charge on any atom is -0.323 e. The zero-order valence-electron chi connectivity index (χ0n) is 11.0. The topological polar surface area (TPSA) is 56.1 Å². The van der Waals surface area contributed by atoms with Gasteiger partial charge in [0.25, 0.3) is 5.91 Å². The van der Waals surface area contributed by atoms with Crippen LogP contribution >= 0.6 is 11.6 Å². The number of carbonyl (C=O) groups excluding carboxylic acids is 1. The second-order valence-electron chi connectivity index (χ2n) is 4.88. The first-order valence-corrected chi connectivity index (χ1v) is 6.55. The number of nitrogens with zero attached hydrogens (tertiary/aromatic N) is 2. The van der Waals surface area contributed by atoms with Crippen LogP contribution in [0.5, 0.6) is 0 Å². The van der Waals surface area contributed by atoms with Crippen molar-refractivity contribution in [1.29, 1.82) is 5.26 Å². The van der Waals surface area contributed by atoms with E-state index < -0.39 is 34.9 Å². The summed E-state index contributed by atoms with van der Waals surface area (Å²) >= 11 is 5.46. The molecular formula is C13H10ClF4N3O. The number of halogens is 5. The number of hydrogen-bond donors (Lipinski definition) is 1. The van der Waals surface area contributed by atoms with E-state index in [9.17, 15) is 22.4 Å². The van der Waals surface area contributed by atoms with Crippen LogP contribution in [0, 0.1) is 11.5 Å². The number of anilines is 1. The lowest BCUT2D eigenvalue weighted by molar-refractivity contribution is -0.137. The Morgan fingerprint density at radius 3 is 2.68 bits per heavy atom. The molecule has 1 aromatic rings. The molecule has 4 nitrogen and oxygen atoms in total. The number of likely N-dealkylation sites (tertiary alicyclic amines) is 1. The van der Waals surface area contributed by atoms with Gasteiger partial charge in [-0.05, 0) is 18.2 Å². The van der Waals surface area contributed by atoms with Crippen molar-refractivity contribution in [2.75, 3.05) is 18.4 Å². The number of hydrogen-bond acceptors (Lipinski definition) is 3. The third kappa shape index (κ3) is 3.25. The van der Waals surface area contributed by atoms with Gasteiger partial charge in [-0.3, -0.25) is 4.79 Å². The molecule has 1 aliphatic rings. The normalized spacial score (nSPS) is 21.5. The number of amides is 1. The molecule has 0 aliphatic carbocycles. The highest BCUT2D eigenvalue weighted by atomic mass is 35.5. The minimum atomic E-state index is -4.68. The van der Waals surface area contributed by atoms with E-state index in [0.717, 1.165) is 17.0 Å². The zero-order valence-corrected chi connectivity index (χ0v) is 11.8. The molecule has 1 saturated heterocycles. The molecule has 0 bridgehead atoms. The smallest absolute Gasteiger partial charge is 0.323 e. The molecule has 1 aromatic carbocycles. The first-order chi connectivity index (χ1) is 10.2. The first-order valence-electron chi connectivity index (χ1n) is 6.17. The lowest BCUT2D eigenvalue weighted by Crippen LogP contribution is -2.40. The van der Waals surface area contributed by atoms with Crippen molar-refractivity contribution in [3.05, 3.63) is 28.8 Å². The predicted molar refractivity (Wildman–Crippen MR) is 70.7 cm³/mol. The zero-order chi connectivity index (χ0) is 16.5. The molecule has 0 spiro atoms. The summed E-state index contributed by atoms with van der Waals surface area (Å²) in [5.74, 6) is -1.08. The third-order valence-electron chi connectivity index (χ3n) is 3.30. The third-order valence-corrected chi connectivity index (χ3v) is 3.63. The van der Waals surface area contributed by atoms with Crippen molar-refractivity contribution in [2.45, 2.75) is 18.3 Å². The molecule has 1 atom stereocenters. The van der Waals surface area contributed by atoms with Crippen LogP contribution in [0.3, 0.4) is 0 Å². The maximum Gasteiger partial charge on any atom is 0.417 e. The fourth-order valence-electron chi connectivity index (χ4n) is 2.11. The second-order valence-corrected chi connectivity index (χ2v) is 5.29. The number of carbonyl (C=O) groups is 1. The van der Waals surface area contributed by atoms with Crippen LogP contribution < -0.4 is 5.32 Å². The van der Waals surface area contributed by atoms with Crippen LogP contribution in [-0.2, 0) is 11.0 Å². The van der Waals surface area contributed by atoms with Crippen molar-refractivity contribution in [3.8, 4) is 6.19 Å². The van der Waals surface area contributed by atoms with Gasteiger partial charge in [0.15, 0.2) is 6.19 Å². The Kier molecular flexibility index (Phi) is 4.20. The van der Waals surface area contributed by atoms with Gasteiger partial charge in [0.05, 0.1) is 17.1 Å². The van der Waals surface area contributed by atoms with Gasteiger partial charge in [0.2, 0.25) is 5.67 Å². The fourth-order valence-corrected chi connectivity index (χ4v) is 2.33. The summed E-state index contributed by atoms with van der Waals surface area (Å²) < 4.78 is 52.6. The van der Waals surface area contributed by atoms with Crippen molar-refractivity contribution >= 4 is 23.2 Å². The lowest BCUT2D eigenvalue weighted by Gasteiger charge is -2.19. The van der Waals surface area contributed by atoms with E-state index in [1.54, 1.807) is 6.19 Å². The highest BCUT2D eigenvalue weighted by molar-refractivity contribution is 6.31. The largest absolute Gasteiger partial charge is 0.417 e. The van der Waals surface area contributed by atoms with E-state index in [2.05, 4.69) is 5.32 Å². The summed E-state index contributed by atoms with van der Waals surface area (Å²) in [7, 11) is 0. The summed E-state index contributed by atoms with van der Waals surface area (Å²) in [6, 6.07) is 2.76. The van der Waals surface area contributed by atoms with E-state index in [1.807, 2.05) is 0 Å². The number of alkyl halides is 4. The van der Waals surface area contributed by atoms with Gasteiger partial charge in [-0.25, -0.2) is 4.39 Å². The summed E-state index contributed by atoms with van der Waals surface area (Å²) in [4.78, 5) is 13.0. The standard InChI is InChI=1S/C13H10ClF4N3O/c14-10-2-1-8(5-9(10)13(16,17)18)20-11(22)12(15)3-4-21(6-12)7-19/h1-2,5H,3-4,6H2,(H,20,22). The first kappa shape index (κ1) is 16.4. The van der Waals surface area contributed by atoms with Crippen molar-refractivity contribution < 1.29 is 22.4 Å². The molecule has 1 aliphatic heterocycles. The van der Waals surface area contributed by atoms with Crippen LogP contribution in [0.2, 0.25) is 5.02 Å². The Balaban J connectivity index is 2.18. The summed E-state index contributed by atoms with van der Waals surface area (Å²) in [5.41, 5.74) is -3.65. The maximum absolute atomic E-state index is 14.4. The Hall–Kier alpha value is -2.01. The van der Waals surface area contributed by atoms with E-state index in [1.165, 1.54) is 0 Å². The van der Waals surface area contributed by atoms with Gasteiger partial charge in [-0.15, -0.1) is 0 Å². The van der Waals surface area contributed by atoms with Crippen LogP contribution in [-0.4, -0.2) is 29.6 Å². The molecule has 0 aromatic heterocycles. The Morgan fingerprint density at radius 1 is 1.45 bits per heavy atom. The monoisotopic (exact) mass is 335 g/mol. The molecule has 1 amide bonds. The molecule has 22 heavy (non-hydrogen) atoms. The van der Waals surface area contributed by atoms with E-state index in [-0.39, 0.29) is 18.7 Å². The molecule has 0 saturated carbocycles. The Labute approximate surface area is 128 Å². The molecule has 2 rings (SSSR count). The Bertz CT molecular complexity index is 643. The highest BCUT2D eigenvalue weighted by Gasteiger charge is 2.45. The highest BCUT2D eigenvalue weighted by Crippen LogP contribution is 2.36. The minimum absolute atomic E-state index is 0.0782. The quantitative estimate of drug-likeness (QED) is 0.667. The fraction of sp³-hybridized carbons (Fsp3) is 0.385. The summed E-state index contributed by atoms with van der Waals surface area (Å²) in [6.07, 6.45) is -3.17. The van der Waals surface area contributed by atoms with Gasteiger partial charge in [-0.2, -0.15) is 18.4 Å². The van der Waals surface area contributed by atoms with Gasteiger partial charge in [0, 0.05) is 18.7 Å². The van der Waals surface area contributed by atoms with Crippen LogP contribution in [0.1, 0.15) is 12.0 Å². The Morgan fingerprint density at radius 2 is 2.14 bits per heavy atom. The molecule has 1 fully saturated rings. The molecule has 1 heterocycles. The predicted octanol–water partition coefficient (Wildman–Crippen LogP) is 3.19. The summed E-state index contributed by atoms with van der Waals surface area (Å²) in [5, 5.41) is 10.2. The number of nitriles is 1. The number of rotatable bonds is 2. The van der Waals surface area contributed by atoms with E-state index in [0.29, 0.717) is 6.07 Å². The molecule has 1 N–H and O–H groups in total.